The summed E-state index contributed by atoms with van der Waals surface area (Å²) < 4.78 is 2.55. The molecule has 10 aromatic rings. The van der Waals surface area contributed by atoms with Crippen LogP contribution in [0.3, 0.4) is 0 Å². The zero-order valence-corrected chi connectivity index (χ0v) is 31.4. The van der Waals surface area contributed by atoms with Gasteiger partial charge in [0.15, 0.2) is 0 Å². The number of hydrogen-bond donors (Lipinski definition) is 0. The molecule has 53 heavy (non-hydrogen) atoms. The molecule has 2 heterocycles. The number of fused-ring (bicyclic) bond motifs is 10. The fourth-order valence-electron chi connectivity index (χ4n) is 10.6. The molecule has 0 N–H and O–H groups in total. The first kappa shape index (κ1) is 29.6. The summed E-state index contributed by atoms with van der Waals surface area (Å²) in [4.78, 5) is 0. The highest BCUT2D eigenvalue weighted by Crippen LogP contribution is 2.54. The first-order valence-electron chi connectivity index (χ1n) is 18.9. The Morgan fingerprint density at radius 2 is 1.17 bits per heavy atom. The van der Waals surface area contributed by atoms with E-state index in [1.165, 1.54) is 104 Å². The molecule has 0 saturated carbocycles. The standard InChI is InChI=1S/C51H37NSi/c1-51(2)42-17-8-5-14-34(42)40-29-41-45(27-33-13-11-12-30-20-24-38(50(40)51)49(41)48(30)33)52-43-18-9-6-15-35(43)39-26-31(22-25-44(39)52)32-21-23-37-36-16-7-10-19-46(36)53(3,4)47(37)28-32/h5-29H,1-4H3. The molecule has 1 aliphatic heterocycles. The van der Waals surface area contributed by atoms with Gasteiger partial charge in [-0.25, -0.2) is 0 Å². The normalized spacial score (nSPS) is 15.1. The molecule has 0 atom stereocenters. The highest BCUT2D eigenvalue weighted by Gasteiger charge is 2.39. The first-order valence-corrected chi connectivity index (χ1v) is 21.9. The SMILES string of the molecule is CC1(C)c2ccccc2-c2cc3c(-n4c5ccccc5c5cc(-c6ccc7c(c6)[Si](C)(C)c6ccccc6-7)ccc54)cc4cccc5ccc(c21)c3c54. The maximum Gasteiger partial charge on any atom is 0.113 e. The van der Waals surface area contributed by atoms with E-state index in [4.69, 9.17) is 0 Å². The first-order chi connectivity index (χ1) is 25.8. The minimum absolute atomic E-state index is 0.0876. The fourth-order valence-corrected chi connectivity index (χ4v) is 13.7. The minimum Gasteiger partial charge on any atom is -0.309 e. The Balaban J connectivity index is 1.14. The van der Waals surface area contributed by atoms with E-state index in [-0.39, 0.29) is 5.41 Å². The Kier molecular flexibility index (Phi) is 5.54. The molecule has 0 bridgehead atoms. The quantitative estimate of drug-likeness (QED) is 0.126. The second-order valence-electron chi connectivity index (χ2n) is 16.5. The van der Waals surface area contributed by atoms with Crippen molar-refractivity contribution in [1.29, 1.82) is 0 Å². The van der Waals surface area contributed by atoms with E-state index in [0.29, 0.717) is 0 Å². The lowest BCUT2D eigenvalue weighted by Crippen LogP contribution is -2.49. The van der Waals surface area contributed by atoms with Crippen LogP contribution in [-0.2, 0) is 5.41 Å². The number of aromatic nitrogens is 1. The Morgan fingerprint density at radius 1 is 0.453 bits per heavy atom. The van der Waals surface area contributed by atoms with Gasteiger partial charge < -0.3 is 4.57 Å². The van der Waals surface area contributed by atoms with Crippen molar-refractivity contribution < 1.29 is 0 Å². The van der Waals surface area contributed by atoms with Crippen molar-refractivity contribution in [2.24, 2.45) is 0 Å². The molecule has 2 aliphatic rings. The molecule has 250 valence electrons. The number of hydrogen-bond acceptors (Lipinski definition) is 0. The minimum atomic E-state index is -1.78. The summed E-state index contributed by atoms with van der Waals surface area (Å²) in [6.45, 7) is 9.82. The van der Waals surface area contributed by atoms with Crippen LogP contribution < -0.4 is 10.4 Å². The summed E-state index contributed by atoms with van der Waals surface area (Å²) in [5, 5.41) is 13.7. The van der Waals surface area contributed by atoms with Crippen LogP contribution in [-0.4, -0.2) is 12.6 Å². The lowest BCUT2D eigenvalue weighted by Gasteiger charge is -2.25. The van der Waals surface area contributed by atoms with E-state index in [0.717, 1.165) is 0 Å². The van der Waals surface area contributed by atoms with Gasteiger partial charge in [-0.05, 0) is 112 Å². The Labute approximate surface area is 310 Å². The highest BCUT2D eigenvalue weighted by molar-refractivity contribution is 7.03. The van der Waals surface area contributed by atoms with Crippen molar-refractivity contribution in [3.8, 4) is 39.1 Å². The second-order valence-corrected chi connectivity index (χ2v) is 20.8. The Hall–Kier alpha value is -5.96. The lowest BCUT2D eigenvalue weighted by molar-refractivity contribution is 0.666. The number of rotatable bonds is 2. The van der Waals surface area contributed by atoms with Gasteiger partial charge in [-0.3, -0.25) is 0 Å². The van der Waals surface area contributed by atoms with Gasteiger partial charge in [-0.2, -0.15) is 0 Å². The van der Waals surface area contributed by atoms with Crippen molar-refractivity contribution >= 4 is 72.6 Å². The molecule has 0 unspecified atom stereocenters. The van der Waals surface area contributed by atoms with Gasteiger partial charge in [0.25, 0.3) is 0 Å². The average molecular weight is 692 g/mol. The molecule has 0 amide bonds. The third kappa shape index (κ3) is 3.67. The molecule has 0 saturated heterocycles. The number of para-hydroxylation sites is 1. The zero-order valence-electron chi connectivity index (χ0n) is 30.4. The number of nitrogens with zero attached hydrogens (tertiary/aromatic N) is 1. The lowest BCUT2D eigenvalue weighted by atomic mass is 9.78. The molecular formula is C51H37NSi. The van der Waals surface area contributed by atoms with Gasteiger partial charge in [0.2, 0.25) is 0 Å². The molecule has 1 aliphatic carbocycles. The Bertz CT molecular complexity index is 3230. The van der Waals surface area contributed by atoms with Crippen LogP contribution in [0.15, 0.2) is 152 Å². The topological polar surface area (TPSA) is 4.93 Å². The Morgan fingerprint density at radius 3 is 2.08 bits per heavy atom. The third-order valence-corrected chi connectivity index (χ3v) is 16.6. The van der Waals surface area contributed by atoms with Gasteiger partial charge in [0.05, 0.1) is 16.7 Å². The molecule has 9 aromatic carbocycles. The van der Waals surface area contributed by atoms with Crippen LogP contribution in [0.5, 0.6) is 0 Å². The molecule has 1 aromatic heterocycles. The van der Waals surface area contributed by atoms with Crippen molar-refractivity contribution in [1.82, 2.24) is 4.57 Å². The maximum atomic E-state index is 2.55. The van der Waals surface area contributed by atoms with E-state index < -0.39 is 8.07 Å². The van der Waals surface area contributed by atoms with E-state index in [2.05, 4.69) is 183 Å². The largest absolute Gasteiger partial charge is 0.309 e. The molecule has 1 nitrogen and oxygen atoms in total. The van der Waals surface area contributed by atoms with Gasteiger partial charge in [-0.1, -0.05) is 148 Å². The fraction of sp³-hybridized carbons (Fsp3) is 0.0980. The van der Waals surface area contributed by atoms with E-state index in [1.807, 2.05) is 0 Å². The zero-order chi connectivity index (χ0) is 35.4. The van der Waals surface area contributed by atoms with Crippen molar-refractivity contribution in [2.75, 3.05) is 0 Å². The van der Waals surface area contributed by atoms with E-state index in [1.54, 1.807) is 10.4 Å². The molecule has 0 radical (unpaired) electrons. The maximum absolute atomic E-state index is 2.55. The van der Waals surface area contributed by atoms with Gasteiger partial charge in [0, 0.05) is 21.6 Å². The van der Waals surface area contributed by atoms with Gasteiger partial charge >= 0.3 is 0 Å². The number of benzene rings is 9. The van der Waals surface area contributed by atoms with Crippen molar-refractivity contribution in [3.63, 3.8) is 0 Å². The van der Waals surface area contributed by atoms with Crippen LogP contribution in [0.1, 0.15) is 25.0 Å². The monoisotopic (exact) mass is 691 g/mol. The molecule has 0 fully saturated rings. The predicted octanol–water partition coefficient (Wildman–Crippen LogP) is 12.5. The van der Waals surface area contributed by atoms with E-state index >= 15 is 0 Å². The van der Waals surface area contributed by atoms with Gasteiger partial charge in [-0.15, -0.1) is 0 Å². The second kappa shape index (κ2) is 9.92. The summed E-state index contributed by atoms with van der Waals surface area (Å²) >= 11 is 0. The molecule has 0 spiro atoms. The van der Waals surface area contributed by atoms with E-state index in [9.17, 15) is 0 Å². The van der Waals surface area contributed by atoms with Crippen LogP contribution in [0.2, 0.25) is 13.1 Å². The van der Waals surface area contributed by atoms with Gasteiger partial charge in [0.1, 0.15) is 8.07 Å². The smallest absolute Gasteiger partial charge is 0.113 e. The highest BCUT2D eigenvalue weighted by atomic mass is 28.3. The molecule has 2 heteroatoms. The van der Waals surface area contributed by atoms with Crippen molar-refractivity contribution in [2.45, 2.75) is 32.4 Å². The van der Waals surface area contributed by atoms with Crippen molar-refractivity contribution in [3.05, 3.63) is 163 Å². The molecular weight excluding hydrogens is 655 g/mol. The summed E-state index contributed by atoms with van der Waals surface area (Å²) in [6.07, 6.45) is 0. The predicted molar refractivity (Wildman–Crippen MR) is 230 cm³/mol. The summed E-state index contributed by atoms with van der Waals surface area (Å²) in [6, 6.07) is 58.0. The third-order valence-electron chi connectivity index (χ3n) is 13.1. The van der Waals surface area contributed by atoms with Crippen LogP contribution in [0, 0.1) is 0 Å². The van der Waals surface area contributed by atoms with Crippen LogP contribution in [0.25, 0.3) is 93.2 Å². The van der Waals surface area contributed by atoms with Crippen LogP contribution >= 0.6 is 0 Å². The summed E-state index contributed by atoms with van der Waals surface area (Å²) in [5.41, 5.74) is 14.7. The van der Waals surface area contributed by atoms with Crippen LogP contribution in [0.4, 0.5) is 0 Å². The average Bonchev–Trinajstić information content (AvgIpc) is 3.73. The molecule has 12 rings (SSSR count). The summed E-state index contributed by atoms with van der Waals surface area (Å²) in [5.74, 6) is 0. The summed E-state index contributed by atoms with van der Waals surface area (Å²) in [7, 11) is -1.78.